The van der Waals surface area contributed by atoms with Crippen LogP contribution >= 0.6 is 0 Å². The van der Waals surface area contributed by atoms with Crippen LogP contribution < -0.4 is 21.0 Å². The average Bonchev–Trinajstić information content (AvgIpc) is 2.90. The first-order valence-electron chi connectivity index (χ1n) is 14.9. The van der Waals surface area contributed by atoms with Crippen LogP contribution in [0.25, 0.3) is 0 Å². The summed E-state index contributed by atoms with van der Waals surface area (Å²) in [5.41, 5.74) is -0.666. The largest absolute Gasteiger partial charge is 0.462 e. The maximum absolute atomic E-state index is 12.8. The van der Waals surface area contributed by atoms with Gasteiger partial charge in [-0.1, -0.05) is 108 Å². The molecule has 2 rings (SSSR count). The summed E-state index contributed by atoms with van der Waals surface area (Å²) in [6.45, 7) is 16.9. The average molecular weight is 585 g/mol. The minimum absolute atomic E-state index is 0.0296. The van der Waals surface area contributed by atoms with Crippen LogP contribution in [0.5, 0.6) is 0 Å². The van der Waals surface area contributed by atoms with Gasteiger partial charge in [-0.25, -0.2) is 4.79 Å². The molecule has 2 N–H and O–H groups in total. The van der Waals surface area contributed by atoms with Crippen molar-refractivity contribution in [3.8, 4) is 0 Å². The predicted octanol–water partition coefficient (Wildman–Crippen LogP) is 5.56. The van der Waals surface area contributed by atoms with Crippen molar-refractivity contribution < 1.29 is 23.5 Å². The molecule has 7 nitrogen and oxygen atoms in total. The van der Waals surface area contributed by atoms with Gasteiger partial charge in [0, 0.05) is 0 Å². The number of esters is 1. The molecule has 8 heteroatoms. The molecule has 0 aliphatic carbocycles. The molecule has 1 amide bonds. The first-order chi connectivity index (χ1) is 19.3. The Kier molecular flexibility index (Phi) is 13.5. The van der Waals surface area contributed by atoms with Gasteiger partial charge in [0.1, 0.15) is 18.2 Å². The fourth-order valence-electron chi connectivity index (χ4n) is 4.85. The SMILES string of the molecule is CCCCCCN[C@@H](C)C(=O)OC[C@@H](CO[Si](c1ccccc1)(c1ccccc1)C(C)(C)C)NC(=O)OC(C)(C)C. The molecule has 0 saturated heterocycles. The van der Waals surface area contributed by atoms with Crippen molar-refractivity contribution in [2.75, 3.05) is 19.8 Å². The third kappa shape index (κ3) is 10.9. The van der Waals surface area contributed by atoms with Gasteiger partial charge in [0.05, 0.1) is 12.6 Å². The van der Waals surface area contributed by atoms with Crippen LogP contribution in [0.15, 0.2) is 60.7 Å². The molecule has 0 saturated carbocycles. The summed E-state index contributed by atoms with van der Waals surface area (Å²) in [6, 6.07) is 19.6. The molecule has 0 fully saturated rings. The van der Waals surface area contributed by atoms with E-state index >= 15 is 0 Å². The van der Waals surface area contributed by atoms with Crippen molar-refractivity contribution in [3.05, 3.63) is 60.7 Å². The Labute approximate surface area is 248 Å². The first-order valence-corrected chi connectivity index (χ1v) is 16.9. The van der Waals surface area contributed by atoms with Gasteiger partial charge in [-0.05, 0) is 56.1 Å². The third-order valence-electron chi connectivity index (χ3n) is 6.90. The molecule has 0 aliphatic heterocycles. The lowest BCUT2D eigenvalue weighted by Gasteiger charge is -2.43. The zero-order valence-electron chi connectivity index (χ0n) is 26.4. The van der Waals surface area contributed by atoms with Crippen molar-refractivity contribution in [3.63, 3.8) is 0 Å². The van der Waals surface area contributed by atoms with Crippen molar-refractivity contribution >= 4 is 30.8 Å². The van der Waals surface area contributed by atoms with Gasteiger partial charge in [0.15, 0.2) is 0 Å². The topological polar surface area (TPSA) is 85.9 Å². The summed E-state index contributed by atoms with van der Waals surface area (Å²) in [7, 11) is -2.86. The summed E-state index contributed by atoms with van der Waals surface area (Å²) < 4.78 is 18.2. The molecule has 0 radical (unpaired) electrons. The van der Waals surface area contributed by atoms with Crippen molar-refractivity contribution in [1.29, 1.82) is 0 Å². The maximum Gasteiger partial charge on any atom is 0.408 e. The highest BCUT2D eigenvalue weighted by atomic mass is 28.4. The molecule has 0 aliphatic rings. The number of benzene rings is 2. The number of amides is 1. The van der Waals surface area contributed by atoms with Crippen LogP contribution in [0.2, 0.25) is 5.04 Å². The highest BCUT2D eigenvalue weighted by molar-refractivity contribution is 6.99. The molecular formula is C33H52N2O5Si. The number of hydrogen-bond donors (Lipinski definition) is 2. The minimum atomic E-state index is -2.86. The predicted molar refractivity (Wildman–Crippen MR) is 169 cm³/mol. The molecule has 2 aromatic rings. The van der Waals surface area contributed by atoms with E-state index in [1.54, 1.807) is 6.92 Å². The Bertz CT molecular complexity index is 1010. The monoisotopic (exact) mass is 584 g/mol. The van der Waals surface area contributed by atoms with Crippen molar-refractivity contribution in [2.24, 2.45) is 0 Å². The minimum Gasteiger partial charge on any atom is -0.462 e. The molecule has 0 aromatic heterocycles. The van der Waals surface area contributed by atoms with Crippen molar-refractivity contribution in [2.45, 2.75) is 104 Å². The molecule has 0 bridgehead atoms. The number of carbonyl (C=O) groups excluding carboxylic acids is 2. The number of unbranched alkanes of at least 4 members (excludes halogenated alkanes) is 3. The quantitative estimate of drug-likeness (QED) is 0.162. The van der Waals surface area contributed by atoms with Gasteiger partial charge in [-0.3, -0.25) is 4.79 Å². The lowest BCUT2D eigenvalue weighted by molar-refractivity contribution is -0.146. The zero-order valence-corrected chi connectivity index (χ0v) is 27.4. The number of ether oxygens (including phenoxy) is 2. The maximum atomic E-state index is 12.8. The van der Waals surface area contributed by atoms with Crippen LogP contribution in [-0.4, -0.2) is 57.8 Å². The lowest BCUT2D eigenvalue weighted by atomic mass is 10.2. The molecule has 228 valence electrons. The van der Waals surface area contributed by atoms with E-state index in [0.29, 0.717) is 0 Å². The molecule has 2 aromatic carbocycles. The second-order valence-corrected chi connectivity index (χ2v) is 17.0. The molecule has 0 unspecified atom stereocenters. The zero-order chi connectivity index (χ0) is 30.5. The Morgan fingerprint density at radius 2 is 1.39 bits per heavy atom. The van der Waals surface area contributed by atoms with Gasteiger partial charge in [-0.2, -0.15) is 0 Å². The summed E-state index contributed by atoms with van der Waals surface area (Å²) in [5.74, 6) is -0.359. The van der Waals surface area contributed by atoms with Gasteiger partial charge in [0.25, 0.3) is 8.32 Å². The Morgan fingerprint density at radius 1 is 0.829 bits per heavy atom. The van der Waals surface area contributed by atoms with Gasteiger partial charge < -0.3 is 24.5 Å². The summed E-state index contributed by atoms with van der Waals surface area (Å²) in [6.07, 6.45) is 3.92. The van der Waals surface area contributed by atoms with E-state index in [0.717, 1.165) is 29.8 Å². The number of rotatable bonds is 15. The fourth-order valence-corrected chi connectivity index (χ4v) is 9.46. The smallest absolute Gasteiger partial charge is 0.408 e. The van der Waals surface area contributed by atoms with Crippen LogP contribution in [0.3, 0.4) is 0 Å². The van der Waals surface area contributed by atoms with Gasteiger partial charge in [0.2, 0.25) is 0 Å². The van der Waals surface area contributed by atoms with Crippen molar-refractivity contribution in [1.82, 2.24) is 10.6 Å². The second kappa shape index (κ2) is 16.1. The van der Waals surface area contributed by atoms with Gasteiger partial charge >= 0.3 is 12.1 Å². The standard InChI is InChI=1S/C33H52N2O5Si/c1-9-10-11-18-23-34-26(2)30(36)38-24-27(35-31(37)40-32(3,4)5)25-39-41(33(6,7)8,28-19-14-12-15-20-28)29-21-16-13-17-22-29/h12-17,19-22,26-27,34H,9-11,18,23-25H2,1-8H3,(H,35,37)/t26-,27-/m0/s1. The Balaban J connectivity index is 2.27. The van der Waals surface area contributed by atoms with E-state index in [-0.39, 0.29) is 24.2 Å². The number of hydrogen-bond acceptors (Lipinski definition) is 6. The van der Waals surface area contributed by atoms with Crippen LogP contribution in [0, 0.1) is 0 Å². The lowest BCUT2D eigenvalue weighted by Crippen LogP contribution is -2.67. The van der Waals surface area contributed by atoms with Gasteiger partial charge in [-0.15, -0.1) is 0 Å². The van der Waals surface area contributed by atoms with E-state index in [2.05, 4.69) is 62.6 Å². The van der Waals surface area contributed by atoms with Crippen LogP contribution in [0.1, 0.15) is 81.1 Å². The first kappa shape index (κ1) is 34.5. The molecule has 2 atom stereocenters. The highest BCUT2D eigenvalue weighted by Gasteiger charge is 2.50. The van der Waals surface area contributed by atoms with Crippen LogP contribution in [0.4, 0.5) is 4.79 Å². The third-order valence-corrected chi connectivity index (χ3v) is 11.9. The Morgan fingerprint density at radius 3 is 1.88 bits per heavy atom. The molecule has 41 heavy (non-hydrogen) atoms. The van der Waals surface area contributed by atoms with E-state index in [4.69, 9.17) is 13.9 Å². The fraction of sp³-hybridized carbons (Fsp3) is 0.576. The summed E-state index contributed by atoms with van der Waals surface area (Å²) in [4.78, 5) is 25.6. The van der Waals surface area contributed by atoms with E-state index < -0.39 is 32.1 Å². The molecule has 0 spiro atoms. The number of alkyl carbamates (subject to hydrolysis) is 1. The van der Waals surface area contributed by atoms with E-state index in [9.17, 15) is 9.59 Å². The van der Waals surface area contributed by atoms with E-state index in [1.807, 2.05) is 57.2 Å². The Hall–Kier alpha value is -2.68. The van der Waals surface area contributed by atoms with Crippen LogP contribution in [-0.2, 0) is 18.7 Å². The summed E-state index contributed by atoms with van der Waals surface area (Å²) in [5, 5.41) is 8.17. The number of nitrogens with one attached hydrogen (secondary N) is 2. The molecule has 0 heterocycles. The summed E-state index contributed by atoms with van der Waals surface area (Å²) >= 11 is 0. The second-order valence-electron chi connectivity index (χ2n) is 12.7. The highest BCUT2D eigenvalue weighted by Crippen LogP contribution is 2.36. The van der Waals surface area contributed by atoms with E-state index in [1.165, 1.54) is 12.8 Å². The normalized spacial score (nSPS) is 13.8. The number of carbonyl (C=O) groups is 2. The molecular weight excluding hydrogens is 532 g/mol.